The number of nitrogens with zero attached hydrogens (tertiary/aromatic N) is 5. The number of carboxylic acid groups (broad SMARTS) is 1. The summed E-state index contributed by atoms with van der Waals surface area (Å²) in [4.78, 5) is 27.0. The summed E-state index contributed by atoms with van der Waals surface area (Å²) in [5.41, 5.74) is 4.26. The van der Waals surface area contributed by atoms with Crippen LogP contribution in [0.5, 0.6) is 0 Å². The van der Waals surface area contributed by atoms with Gasteiger partial charge in [0.05, 0.1) is 40.3 Å². The number of carboxylic acids is 1. The summed E-state index contributed by atoms with van der Waals surface area (Å²) in [6.45, 7) is 8.59. The Kier molecular flexibility index (Phi) is 7.67. The lowest BCUT2D eigenvalue weighted by Gasteiger charge is -2.23. The predicted octanol–water partition coefficient (Wildman–Crippen LogP) is 6.66. The number of carbonyl (C=O) groups is 2. The Balaban J connectivity index is 1.16. The molecule has 1 saturated heterocycles. The molecule has 1 aliphatic rings. The Bertz CT molecular complexity index is 1820. The van der Waals surface area contributed by atoms with Gasteiger partial charge in [-0.1, -0.05) is 0 Å². The van der Waals surface area contributed by atoms with Crippen LogP contribution in [0.25, 0.3) is 22.2 Å². The molecule has 3 heterocycles. The number of amides is 1. The largest absolute Gasteiger partial charge is 0.478 e. The minimum Gasteiger partial charge on any atom is -0.478 e. The zero-order valence-electron chi connectivity index (χ0n) is 25.0. The molecule has 1 fully saturated rings. The first-order chi connectivity index (χ1) is 21.1. The molecule has 10 heteroatoms. The van der Waals surface area contributed by atoms with E-state index in [4.69, 9.17) is 5.11 Å². The van der Waals surface area contributed by atoms with Crippen LogP contribution in [0.3, 0.4) is 0 Å². The standard InChI is InChI=1S/C34H35FN6O3/c1-34(2,3)41-31(23-4-9-26(35)10-5-23)29(20-37-41)32(42)38-27-11-6-25-19-36-40(30(25)18-27)17-15-22-14-16-39(21-22)28-12-7-24(8-13-28)33(43)44/h4-13,18-20,22H,14-17,21H2,1-3H3,(H,38,42)(H,43,44). The highest BCUT2D eigenvalue weighted by Crippen LogP contribution is 2.31. The molecular formula is C34H35FN6O3. The van der Waals surface area contributed by atoms with Gasteiger partial charge in [0, 0.05) is 42.0 Å². The molecule has 0 bridgehead atoms. The maximum atomic E-state index is 13.7. The first-order valence-corrected chi connectivity index (χ1v) is 14.8. The molecule has 9 nitrogen and oxygen atoms in total. The summed E-state index contributed by atoms with van der Waals surface area (Å²) >= 11 is 0. The molecule has 2 aromatic heterocycles. The molecule has 0 spiro atoms. The second kappa shape index (κ2) is 11.6. The van der Waals surface area contributed by atoms with E-state index in [1.54, 1.807) is 35.1 Å². The fourth-order valence-electron chi connectivity index (χ4n) is 5.86. The molecule has 6 rings (SSSR count). The van der Waals surface area contributed by atoms with Crippen molar-refractivity contribution in [2.75, 3.05) is 23.3 Å². The molecule has 2 N–H and O–H groups in total. The molecule has 1 unspecified atom stereocenters. The van der Waals surface area contributed by atoms with E-state index in [-0.39, 0.29) is 11.7 Å². The Hall–Kier alpha value is -4.99. The number of halogens is 1. The van der Waals surface area contributed by atoms with E-state index in [1.807, 2.05) is 62.0 Å². The van der Waals surface area contributed by atoms with Gasteiger partial charge in [-0.15, -0.1) is 0 Å². The number of rotatable bonds is 8. The molecule has 3 aromatic carbocycles. The van der Waals surface area contributed by atoms with Crippen molar-refractivity contribution in [1.29, 1.82) is 0 Å². The lowest BCUT2D eigenvalue weighted by molar-refractivity contribution is 0.0696. The van der Waals surface area contributed by atoms with Crippen molar-refractivity contribution >= 4 is 34.2 Å². The third kappa shape index (κ3) is 5.92. The summed E-state index contributed by atoms with van der Waals surface area (Å²) < 4.78 is 17.5. The Morgan fingerprint density at radius 3 is 2.45 bits per heavy atom. The van der Waals surface area contributed by atoms with Crippen LogP contribution in [0.15, 0.2) is 79.1 Å². The zero-order chi connectivity index (χ0) is 31.0. The molecule has 1 amide bonds. The van der Waals surface area contributed by atoms with E-state index in [9.17, 15) is 14.0 Å². The van der Waals surface area contributed by atoms with E-state index in [2.05, 4.69) is 20.4 Å². The van der Waals surface area contributed by atoms with Gasteiger partial charge in [0.2, 0.25) is 0 Å². The van der Waals surface area contributed by atoms with Crippen molar-refractivity contribution in [3.63, 3.8) is 0 Å². The Morgan fingerprint density at radius 1 is 1.00 bits per heavy atom. The minimum absolute atomic E-state index is 0.291. The fourth-order valence-corrected chi connectivity index (χ4v) is 5.86. The van der Waals surface area contributed by atoms with Gasteiger partial charge in [0.1, 0.15) is 5.82 Å². The number of nitrogens with one attached hydrogen (secondary N) is 1. The zero-order valence-corrected chi connectivity index (χ0v) is 25.0. The van der Waals surface area contributed by atoms with Crippen LogP contribution in [0.1, 0.15) is 54.3 Å². The number of hydrogen-bond donors (Lipinski definition) is 2. The van der Waals surface area contributed by atoms with Crippen LogP contribution >= 0.6 is 0 Å². The van der Waals surface area contributed by atoms with Crippen molar-refractivity contribution in [3.8, 4) is 11.3 Å². The van der Waals surface area contributed by atoms with Gasteiger partial charge in [-0.25, -0.2) is 9.18 Å². The summed E-state index contributed by atoms with van der Waals surface area (Å²) in [7, 11) is 0. The maximum Gasteiger partial charge on any atom is 0.335 e. The van der Waals surface area contributed by atoms with Crippen LogP contribution in [0.2, 0.25) is 0 Å². The second-order valence-corrected chi connectivity index (χ2v) is 12.3. The molecule has 5 aromatic rings. The van der Waals surface area contributed by atoms with Crippen LogP contribution in [0.4, 0.5) is 15.8 Å². The molecule has 44 heavy (non-hydrogen) atoms. The average molecular weight is 595 g/mol. The average Bonchev–Trinajstić information content (AvgIpc) is 3.75. The molecular weight excluding hydrogens is 559 g/mol. The monoisotopic (exact) mass is 594 g/mol. The van der Waals surface area contributed by atoms with Crippen molar-refractivity contribution in [3.05, 3.63) is 96.1 Å². The first-order valence-electron chi connectivity index (χ1n) is 14.8. The van der Waals surface area contributed by atoms with Gasteiger partial charge >= 0.3 is 5.97 Å². The normalized spacial score (nSPS) is 15.2. The van der Waals surface area contributed by atoms with E-state index in [1.165, 1.54) is 12.1 Å². The van der Waals surface area contributed by atoms with Crippen LogP contribution < -0.4 is 10.2 Å². The van der Waals surface area contributed by atoms with E-state index in [0.717, 1.165) is 49.1 Å². The van der Waals surface area contributed by atoms with Crippen molar-refractivity contribution in [1.82, 2.24) is 19.6 Å². The van der Waals surface area contributed by atoms with Crippen LogP contribution in [-0.2, 0) is 12.1 Å². The Labute approximate surface area is 254 Å². The second-order valence-electron chi connectivity index (χ2n) is 12.3. The number of aromatic carboxylic acids is 1. The van der Waals surface area contributed by atoms with Crippen LogP contribution in [-0.4, -0.2) is 49.6 Å². The third-order valence-corrected chi connectivity index (χ3v) is 8.18. The topological polar surface area (TPSA) is 105 Å². The summed E-state index contributed by atoms with van der Waals surface area (Å²) in [5, 5.41) is 22.3. The number of benzene rings is 3. The van der Waals surface area contributed by atoms with Crippen molar-refractivity contribution in [2.24, 2.45) is 5.92 Å². The highest BCUT2D eigenvalue weighted by atomic mass is 19.1. The molecule has 0 saturated carbocycles. The SMILES string of the molecule is CC(C)(C)n1ncc(C(=O)Nc2ccc3cnn(CCC4CCN(c5ccc(C(=O)O)cc5)C4)c3c2)c1-c1ccc(F)cc1. The number of aromatic nitrogens is 4. The quantitative estimate of drug-likeness (QED) is 0.208. The van der Waals surface area contributed by atoms with Gasteiger partial charge in [0.25, 0.3) is 5.91 Å². The van der Waals surface area contributed by atoms with Gasteiger partial charge in [-0.3, -0.25) is 14.2 Å². The molecule has 226 valence electrons. The number of anilines is 2. The highest BCUT2D eigenvalue weighted by molar-refractivity contribution is 6.08. The van der Waals surface area contributed by atoms with E-state index < -0.39 is 11.5 Å². The smallest absolute Gasteiger partial charge is 0.335 e. The molecule has 0 radical (unpaired) electrons. The van der Waals surface area contributed by atoms with Gasteiger partial charge < -0.3 is 15.3 Å². The fraction of sp³-hybridized carbons (Fsp3) is 0.294. The Morgan fingerprint density at radius 2 is 1.75 bits per heavy atom. The summed E-state index contributed by atoms with van der Waals surface area (Å²) in [6.07, 6.45) is 5.41. The number of fused-ring (bicyclic) bond motifs is 1. The lowest BCUT2D eigenvalue weighted by atomic mass is 10.0. The van der Waals surface area contributed by atoms with Gasteiger partial charge in [0.15, 0.2) is 0 Å². The van der Waals surface area contributed by atoms with Crippen molar-refractivity contribution in [2.45, 2.75) is 45.7 Å². The van der Waals surface area contributed by atoms with Crippen LogP contribution in [0, 0.1) is 11.7 Å². The lowest BCUT2D eigenvalue weighted by Crippen LogP contribution is -2.24. The van der Waals surface area contributed by atoms with Gasteiger partial charge in [-0.05, 0) is 106 Å². The minimum atomic E-state index is -0.920. The van der Waals surface area contributed by atoms with Crippen molar-refractivity contribution < 1.29 is 19.1 Å². The molecule has 1 aliphatic heterocycles. The third-order valence-electron chi connectivity index (χ3n) is 8.18. The molecule has 0 aliphatic carbocycles. The number of aryl methyl sites for hydroxylation is 1. The summed E-state index contributed by atoms with van der Waals surface area (Å²) in [5.74, 6) is -1.08. The maximum absolute atomic E-state index is 13.7. The first kappa shape index (κ1) is 29.1. The highest BCUT2D eigenvalue weighted by Gasteiger charge is 2.26. The van der Waals surface area contributed by atoms with E-state index in [0.29, 0.717) is 34.0 Å². The van der Waals surface area contributed by atoms with Gasteiger partial charge in [-0.2, -0.15) is 10.2 Å². The predicted molar refractivity (Wildman–Crippen MR) is 169 cm³/mol. The number of hydrogen-bond acceptors (Lipinski definition) is 5. The summed E-state index contributed by atoms with van der Waals surface area (Å²) in [6, 6.07) is 18.9. The molecule has 1 atom stereocenters. The number of carbonyl (C=O) groups excluding carboxylic acids is 1. The van der Waals surface area contributed by atoms with E-state index >= 15 is 0 Å².